The van der Waals surface area contributed by atoms with Crippen molar-refractivity contribution in [1.29, 1.82) is 0 Å². The Morgan fingerprint density at radius 3 is 2.67 bits per heavy atom. The first-order valence-electron chi connectivity index (χ1n) is 6.02. The predicted octanol–water partition coefficient (Wildman–Crippen LogP) is 3.46. The number of carbonyl (C=O) groups excluding carboxylic acids is 1. The highest BCUT2D eigenvalue weighted by Gasteiger charge is 2.10. The number of nitro benzene ring substituents is 1. The molecule has 0 bridgehead atoms. The van der Waals surface area contributed by atoms with Gasteiger partial charge in [-0.2, -0.15) is 0 Å². The van der Waals surface area contributed by atoms with Crippen LogP contribution >= 0.6 is 11.3 Å². The second-order valence-electron chi connectivity index (χ2n) is 4.29. The van der Waals surface area contributed by atoms with Gasteiger partial charge >= 0.3 is 0 Å². The molecular formula is C14H9N3O3S. The summed E-state index contributed by atoms with van der Waals surface area (Å²) in [4.78, 5) is 26.3. The lowest BCUT2D eigenvalue weighted by molar-refractivity contribution is -0.384. The van der Waals surface area contributed by atoms with Gasteiger partial charge in [0, 0.05) is 23.4 Å². The highest BCUT2D eigenvalue weighted by Crippen LogP contribution is 2.22. The Balaban J connectivity index is 1.80. The minimum Gasteiger partial charge on any atom is -0.322 e. The normalized spacial score (nSPS) is 10.5. The number of nitro groups is 1. The molecule has 0 fully saturated rings. The van der Waals surface area contributed by atoms with Crippen molar-refractivity contribution < 1.29 is 9.72 Å². The maximum atomic E-state index is 12.1. The topological polar surface area (TPSA) is 85.1 Å². The molecule has 0 radical (unpaired) electrons. The molecule has 3 aromatic rings. The number of aromatic nitrogens is 1. The van der Waals surface area contributed by atoms with Crippen molar-refractivity contribution >= 4 is 38.8 Å². The Hall–Kier alpha value is -2.80. The van der Waals surface area contributed by atoms with E-state index in [0.29, 0.717) is 11.3 Å². The van der Waals surface area contributed by atoms with Gasteiger partial charge in [-0.1, -0.05) is 0 Å². The second kappa shape index (κ2) is 5.29. The number of carbonyl (C=O) groups is 1. The average Bonchev–Trinajstić information content (AvgIpc) is 2.95. The summed E-state index contributed by atoms with van der Waals surface area (Å²) < 4.78 is 0.983. The van der Waals surface area contributed by atoms with Crippen molar-refractivity contribution in [3.63, 3.8) is 0 Å². The van der Waals surface area contributed by atoms with E-state index in [1.54, 1.807) is 11.6 Å². The van der Waals surface area contributed by atoms with Crippen LogP contribution in [0.5, 0.6) is 0 Å². The molecule has 104 valence electrons. The molecule has 6 nitrogen and oxygen atoms in total. The lowest BCUT2D eigenvalue weighted by Gasteiger charge is -2.05. The van der Waals surface area contributed by atoms with Crippen molar-refractivity contribution in [1.82, 2.24) is 4.98 Å². The van der Waals surface area contributed by atoms with Crippen LogP contribution in [-0.2, 0) is 0 Å². The van der Waals surface area contributed by atoms with Gasteiger partial charge < -0.3 is 5.32 Å². The molecule has 3 rings (SSSR count). The number of non-ortho nitro benzene ring substituents is 1. The maximum Gasteiger partial charge on any atom is 0.269 e. The zero-order chi connectivity index (χ0) is 14.8. The third-order valence-corrected chi connectivity index (χ3v) is 3.72. The Labute approximate surface area is 123 Å². The first kappa shape index (κ1) is 13.2. The quantitative estimate of drug-likeness (QED) is 0.593. The smallest absolute Gasteiger partial charge is 0.269 e. The molecule has 1 aromatic heterocycles. The summed E-state index contributed by atoms with van der Waals surface area (Å²) in [5.74, 6) is -0.311. The van der Waals surface area contributed by atoms with Crippen molar-refractivity contribution in [3.05, 3.63) is 63.7 Å². The molecule has 0 saturated heterocycles. The van der Waals surface area contributed by atoms with E-state index in [1.165, 1.54) is 35.6 Å². The van der Waals surface area contributed by atoms with E-state index in [2.05, 4.69) is 10.3 Å². The molecule has 1 N–H and O–H groups in total. The predicted molar refractivity (Wildman–Crippen MR) is 80.7 cm³/mol. The molecule has 0 unspecified atom stereocenters. The highest BCUT2D eigenvalue weighted by atomic mass is 32.1. The van der Waals surface area contributed by atoms with E-state index in [4.69, 9.17) is 0 Å². The fourth-order valence-electron chi connectivity index (χ4n) is 1.87. The molecule has 0 saturated carbocycles. The molecule has 21 heavy (non-hydrogen) atoms. The molecule has 0 aliphatic heterocycles. The summed E-state index contributed by atoms with van der Waals surface area (Å²) >= 11 is 1.49. The van der Waals surface area contributed by atoms with Crippen molar-refractivity contribution in [2.75, 3.05) is 5.32 Å². The summed E-state index contributed by atoms with van der Waals surface area (Å²) in [5.41, 5.74) is 3.61. The molecule has 0 aliphatic rings. The average molecular weight is 299 g/mol. The van der Waals surface area contributed by atoms with Gasteiger partial charge in [0.2, 0.25) is 0 Å². The van der Waals surface area contributed by atoms with Crippen LogP contribution in [0.25, 0.3) is 10.2 Å². The fourth-order valence-corrected chi connectivity index (χ4v) is 2.59. The van der Waals surface area contributed by atoms with Crippen LogP contribution in [0.15, 0.2) is 48.0 Å². The largest absolute Gasteiger partial charge is 0.322 e. The number of nitrogens with one attached hydrogen (secondary N) is 1. The van der Waals surface area contributed by atoms with Crippen LogP contribution in [0.1, 0.15) is 10.4 Å². The zero-order valence-electron chi connectivity index (χ0n) is 10.6. The Morgan fingerprint density at radius 1 is 1.19 bits per heavy atom. The summed E-state index contributed by atoms with van der Waals surface area (Å²) in [7, 11) is 0. The molecule has 0 spiro atoms. The first-order valence-corrected chi connectivity index (χ1v) is 6.90. The van der Waals surface area contributed by atoms with Crippen LogP contribution in [-0.4, -0.2) is 15.8 Å². The monoisotopic (exact) mass is 299 g/mol. The number of rotatable bonds is 3. The van der Waals surface area contributed by atoms with E-state index < -0.39 is 4.92 Å². The number of fused-ring (bicyclic) bond motifs is 1. The van der Waals surface area contributed by atoms with E-state index in [9.17, 15) is 14.9 Å². The molecule has 0 atom stereocenters. The van der Waals surface area contributed by atoms with Gasteiger partial charge in [-0.25, -0.2) is 4.98 Å². The number of hydrogen-bond donors (Lipinski definition) is 1. The maximum absolute atomic E-state index is 12.1. The van der Waals surface area contributed by atoms with Gasteiger partial charge in [-0.3, -0.25) is 14.9 Å². The van der Waals surface area contributed by atoms with Crippen LogP contribution in [0.2, 0.25) is 0 Å². The Bertz CT molecular complexity index is 827. The number of anilines is 1. The van der Waals surface area contributed by atoms with Gasteiger partial charge in [0.15, 0.2) is 0 Å². The van der Waals surface area contributed by atoms with Crippen LogP contribution in [0.3, 0.4) is 0 Å². The minimum absolute atomic E-state index is 0.0439. The van der Waals surface area contributed by atoms with Crippen LogP contribution < -0.4 is 5.32 Å². The van der Waals surface area contributed by atoms with E-state index >= 15 is 0 Å². The number of nitrogens with zero attached hydrogens (tertiary/aromatic N) is 2. The summed E-state index contributed by atoms with van der Waals surface area (Å²) in [6.45, 7) is 0. The highest BCUT2D eigenvalue weighted by molar-refractivity contribution is 7.16. The lowest BCUT2D eigenvalue weighted by atomic mass is 10.2. The summed E-state index contributed by atoms with van der Waals surface area (Å²) in [5, 5.41) is 13.3. The van der Waals surface area contributed by atoms with Crippen molar-refractivity contribution in [2.45, 2.75) is 0 Å². The van der Waals surface area contributed by atoms with E-state index in [0.717, 1.165) is 10.2 Å². The van der Waals surface area contributed by atoms with Gasteiger partial charge in [-0.05, 0) is 30.3 Å². The van der Waals surface area contributed by atoms with Gasteiger partial charge in [0.25, 0.3) is 11.6 Å². The van der Waals surface area contributed by atoms with E-state index in [1.807, 2.05) is 12.1 Å². The number of thiazole rings is 1. The summed E-state index contributed by atoms with van der Waals surface area (Å²) in [6, 6.07) is 10.9. The molecule has 1 amide bonds. The van der Waals surface area contributed by atoms with Crippen LogP contribution in [0, 0.1) is 10.1 Å². The number of amides is 1. The van der Waals surface area contributed by atoms with Gasteiger partial charge in [0.1, 0.15) is 0 Å². The number of hydrogen-bond acceptors (Lipinski definition) is 5. The van der Waals surface area contributed by atoms with Gasteiger partial charge in [0.05, 0.1) is 20.7 Å². The van der Waals surface area contributed by atoms with Crippen molar-refractivity contribution in [2.24, 2.45) is 0 Å². The first-order chi connectivity index (χ1) is 10.1. The molecule has 1 heterocycles. The van der Waals surface area contributed by atoms with Crippen LogP contribution in [0.4, 0.5) is 11.4 Å². The van der Waals surface area contributed by atoms with Gasteiger partial charge in [-0.15, -0.1) is 11.3 Å². The fraction of sp³-hybridized carbons (Fsp3) is 0. The Morgan fingerprint density at radius 2 is 1.95 bits per heavy atom. The molecular weight excluding hydrogens is 290 g/mol. The molecule has 2 aromatic carbocycles. The third-order valence-electron chi connectivity index (χ3n) is 2.93. The third kappa shape index (κ3) is 2.72. The van der Waals surface area contributed by atoms with Crippen molar-refractivity contribution in [3.8, 4) is 0 Å². The Kier molecular flexibility index (Phi) is 3.33. The lowest BCUT2D eigenvalue weighted by Crippen LogP contribution is -2.11. The SMILES string of the molecule is O=C(Nc1ccc2ncsc2c1)c1ccc([N+](=O)[O-])cc1. The standard InChI is InChI=1S/C14H9N3O3S/c18-14(9-1-4-11(5-2-9)17(19)20)16-10-3-6-12-13(7-10)21-8-15-12/h1-8H,(H,16,18). The minimum atomic E-state index is -0.501. The number of benzene rings is 2. The van der Waals surface area contributed by atoms with E-state index in [-0.39, 0.29) is 11.6 Å². The second-order valence-corrected chi connectivity index (χ2v) is 5.18. The zero-order valence-corrected chi connectivity index (χ0v) is 11.5. The summed E-state index contributed by atoms with van der Waals surface area (Å²) in [6.07, 6.45) is 0. The molecule has 7 heteroatoms. The molecule has 0 aliphatic carbocycles.